The Hall–Kier alpha value is -1.40. The van der Waals surface area contributed by atoms with E-state index in [-0.39, 0.29) is 5.56 Å². The second kappa shape index (κ2) is 4.86. The van der Waals surface area contributed by atoms with Crippen LogP contribution in [0, 0.1) is 5.82 Å². The third-order valence-corrected chi connectivity index (χ3v) is 3.92. The van der Waals surface area contributed by atoms with E-state index in [9.17, 15) is 9.18 Å². The Balaban J connectivity index is 2.28. The molecule has 1 aliphatic rings. The lowest BCUT2D eigenvalue weighted by Gasteiger charge is -2.32. The number of halogens is 1. The minimum Gasteiger partial charge on any atom is -0.465 e. The molecular formula is C14H18BFO4. The molecule has 4 nitrogen and oxygen atoms in total. The Kier molecular flexibility index (Phi) is 3.65. The predicted octanol–water partition coefficient (Wildman–Crippen LogP) is 1.91. The number of esters is 1. The molecular weight excluding hydrogens is 262 g/mol. The fourth-order valence-electron chi connectivity index (χ4n) is 1.93. The maximum atomic E-state index is 13.9. The SMILES string of the molecule is COC(=O)c1ccc(B2OC(C)(C)C(C)(C)O2)cc1F. The van der Waals surface area contributed by atoms with Crippen LogP contribution in [0.15, 0.2) is 18.2 Å². The monoisotopic (exact) mass is 280 g/mol. The standard InChI is InChI=1S/C14H18BFO4/c1-13(2)14(3,4)20-15(19-13)9-6-7-10(11(16)8-9)12(17)18-5/h6-8H,1-5H3. The van der Waals surface area contributed by atoms with E-state index in [1.807, 2.05) is 27.7 Å². The van der Waals surface area contributed by atoms with Crippen molar-refractivity contribution in [1.82, 2.24) is 0 Å². The highest BCUT2D eigenvalue weighted by Crippen LogP contribution is 2.36. The van der Waals surface area contributed by atoms with Gasteiger partial charge >= 0.3 is 13.1 Å². The molecule has 20 heavy (non-hydrogen) atoms. The highest BCUT2D eigenvalue weighted by Gasteiger charge is 2.51. The molecule has 2 rings (SSSR count). The molecule has 0 aromatic heterocycles. The topological polar surface area (TPSA) is 44.8 Å². The molecule has 1 aliphatic heterocycles. The number of carbonyl (C=O) groups excluding carboxylic acids is 1. The molecule has 0 atom stereocenters. The molecule has 0 radical (unpaired) electrons. The van der Waals surface area contributed by atoms with Crippen LogP contribution in [0.2, 0.25) is 0 Å². The van der Waals surface area contributed by atoms with Crippen molar-refractivity contribution in [2.24, 2.45) is 0 Å². The van der Waals surface area contributed by atoms with Gasteiger partial charge in [0.1, 0.15) is 5.82 Å². The van der Waals surface area contributed by atoms with Crippen molar-refractivity contribution in [3.8, 4) is 0 Å². The molecule has 108 valence electrons. The van der Waals surface area contributed by atoms with Gasteiger partial charge in [-0.15, -0.1) is 0 Å². The molecule has 1 heterocycles. The number of hydrogen-bond acceptors (Lipinski definition) is 4. The van der Waals surface area contributed by atoms with E-state index in [4.69, 9.17) is 9.31 Å². The first-order valence-electron chi connectivity index (χ1n) is 6.41. The molecule has 6 heteroatoms. The molecule has 1 fully saturated rings. The second-order valence-electron chi connectivity index (χ2n) is 5.82. The summed E-state index contributed by atoms with van der Waals surface area (Å²) in [5.74, 6) is -1.35. The van der Waals surface area contributed by atoms with Crippen LogP contribution < -0.4 is 5.46 Å². The van der Waals surface area contributed by atoms with Gasteiger partial charge in [0.15, 0.2) is 0 Å². The van der Waals surface area contributed by atoms with Gasteiger partial charge in [-0.25, -0.2) is 9.18 Å². The smallest absolute Gasteiger partial charge is 0.465 e. The van der Waals surface area contributed by atoms with Crippen LogP contribution in [-0.2, 0) is 14.0 Å². The van der Waals surface area contributed by atoms with E-state index in [1.54, 1.807) is 6.07 Å². The largest absolute Gasteiger partial charge is 0.494 e. The van der Waals surface area contributed by atoms with Crippen LogP contribution in [0.4, 0.5) is 4.39 Å². The quantitative estimate of drug-likeness (QED) is 0.613. The number of ether oxygens (including phenoxy) is 1. The van der Waals surface area contributed by atoms with E-state index in [0.29, 0.717) is 5.46 Å². The molecule has 0 spiro atoms. The van der Waals surface area contributed by atoms with Gasteiger partial charge in [-0.05, 0) is 45.3 Å². The zero-order valence-electron chi connectivity index (χ0n) is 12.3. The third kappa shape index (κ3) is 2.45. The lowest BCUT2D eigenvalue weighted by atomic mass is 9.78. The third-order valence-electron chi connectivity index (χ3n) is 3.92. The Morgan fingerprint density at radius 3 is 2.20 bits per heavy atom. The van der Waals surface area contributed by atoms with Crippen molar-refractivity contribution in [3.63, 3.8) is 0 Å². The average molecular weight is 280 g/mol. The Morgan fingerprint density at radius 1 is 1.20 bits per heavy atom. The number of hydrogen-bond donors (Lipinski definition) is 0. The van der Waals surface area contributed by atoms with Gasteiger partial charge in [0, 0.05) is 0 Å². The number of methoxy groups -OCH3 is 1. The summed E-state index contributed by atoms with van der Waals surface area (Å²) in [7, 11) is 0.561. The normalized spacial score (nSPS) is 20.0. The van der Waals surface area contributed by atoms with Crippen molar-refractivity contribution in [2.75, 3.05) is 7.11 Å². The number of rotatable bonds is 2. The van der Waals surface area contributed by atoms with Crippen molar-refractivity contribution >= 4 is 18.6 Å². The van der Waals surface area contributed by atoms with E-state index in [2.05, 4.69) is 4.74 Å². The lowest BCUT2D eigenvalue weighted by Crippen LogP contribution is -2.41. The predicted molar refractivity (Wildman–Crippen MR) is 73.5 cm³/mol. The van der Waals surface area contributed by atoms with Gasteiger partial charge in [0.25, 0.3) is 0 Å². The van der Waals surface area contributed by atoms with E-state index in [0.717, 1.165) is 0 Å². The number of carbonyl (C=O) groups is 1. The highest BCUT2D eigenvalue weighted by molar-refractivity contribution is 6.62. The van der Waals surface area contributed by atoms with Gasteiger partial charge in [-0.2, -0.15) is 0 Å². The van der Waals surface area contributed by atoms with Gasteiger partial charge in [0.2, 0.25) is 0 Å². The molecule has 0 saturated carbocycles. The molecule has 0 N–H and O–H groups in total. The van der Waals surface area contributed by atoms with Crippen LogP contribution in [0.5, 0.6) is 0 Å². The first kappa shape index (κ1) is 15.0. The fourth-order valence-corrected chi connectivity index (χ4v) is 1.93. The van der Waals surface area contributed by atoms with Crippen molar-refractivity contribution in [1.29, 1.82) is 0 Å². The summed E-state index contributed by atoms with van der Waals surface area (Å²) in [6.45, 7) is 7.69. The molecule has 0 aliphatic carbocycles. The first-order chi connectivity index (χ1) is 9.18. The van der Waals surface area contributed by atoms with Crippen LogP contribution in [0.25, 0.3) is 0 Å². The van der Waals surface area contributed by atoms with E-state index >= 15 is 0 Å². The number of benzene rings is 1. The summed E-state index contributed by atoms with van der Waals surface area (Å²) in [5, 5.41) is 0. The van der Waals surface area contributed by atoms with Crippen molar-refractivity contribution in [2.45, 2.75) is 38.9 Å². The van der Waals surface area contributed by atoms with Crippen molar-refractivity contribution < 1.29 is 23.2 Å². The Labute approximate surface area is 118 Å². The van der Waals surface area contributed by atoms with E-state index < -0.39 is 30.1 Å². The van der Waals surface area contributed by atoms with Gasteiger partial charge in [-0.3, -0.25) is 0 Å². The fraction of sp³-hybridized carbons (Fsp3) is 0.500. The Bertz CT molecular complexity index is 526. The molecule has 1 aromatic rings. The van der Waals surface area contributed by atoms with E-state index in [1.165, 1.54) is 19.2 Å². The van der Waals surface area contributed by atoms with Crippen LogP contribution >= 0.6 is 0 Å². The maximum Gasteiger partial charge on any atom is 0.494 e. The van der Waals surface area contributed by atoms with Crippen LogP contribution in [0.3, 0.4) is 0 Å². The second-order valence-corrected chi connectivity index (χ2v) is 5.82. The minimum absolute atomic E-state index is 0.104. The zero-order chi connectivity index (χ0) is 15.1. The molecule has 0 bridgehead atoms. The zero-order valence-corrected chi connectivity index (χ0v) is 12.3. The minimum atomic E-state index is -0.706. The molecule has 1 saturated heterocycles. The van der Waals surface area contributed by atoms with Crippen LogP contribution in [0.1, 0.15) is 38.1 Å². The lowest BCUT2D eigenvalue weighted by molar-refractivity contribution is 0.00578. The summed E-state index contributed by atoms with van der Waals surface area (Å²) in [4.78, 5) is 11.3. The molecule has 0 amide bonds. The summed E-state index contributed by atoms with van der Waals surface area (Å²) < 4.78 is 30.1. The van der Waals surface area contributed by atoms with Crippen LogP contribution in [-0.4, -0.2) is 31.4 Å². The highest BCUT2D eigenvalue weighted by atomic mass is 19.1. The van der Waals surface area contributed by atoms with Gasteiger partial charge in [-0.1, -0.05) is 6.07 Å². The van der Waals surface area contributed by atoms with Gasteiger partial charge in [0.05, 0.1) is 23.9 Å². The summed E-state index contributed by atoms with van der Waals surface area (Å²) >= 11 is 0. The Morgan fingerprint density at radius 2 is 1.75 bits per heavy atom. The average Bonchev–Trinajstić information content (AvgIpc) is 2.57. The summed E-state index contributed by atoms with van der Waals surface area (Å²) in [6, 6.07) is 4.23. The first-order valence-corrected chi connectivity index (χ1v) is 6.41. The van der Waals surface area contributed by atoms with Gasteiger partial charge < -0.3 is 14.0 Å². The van der Waals surface area contributed by atoms with Crippen molar-refractivity contribution in [3.05, 3.63) is 29.6 Å². The maximum absolute atomic E-state index is 13.9. The summed E-state index contributed by atoms with van der Waals surface area (Å²) in [6.07, 6.45) is 0. The molecule has 0 unspecified atom stereocenters. The summed E-state index contributed by atoms with van der Waals surface area (Å²) in [5.41, 5.74) is -0.550. The molecule has 1 aromatic carbocycles.